The summed E-state index contributed by atoms with van der Waals surface area (Å²) in [6.45, 7) is 13.4. The Morgan fingerprint density at radius 3 is 2.50 bits per heavy atom. The molecule has 104 valence electrons. The van der Waals surface area contributed by atoms with E-state index in [1.807, 2.05) is 11.3 Å². The van der Waals surface area contributed by atoms with Crippen LogP contribution < -0.4 is 5.32 Å². The smallest absolute Gasteiger partial charge is 0.0934 e. The fraction of sp³-hybridized carbons (Fsp3) is 0.800. The Morgan fingerprint density at radius 1 is 1.28 bits per heavy atom. The maximum atomic E-state index is 4.68. The third-order valence-electron chi connectivity index (χ3n) is 3.20. The molecule has 18 heavy (non-hydrogen) atoms. The first-order valence-electron chi connectivity index (χ1n) is 7.16. The minimum atomic E-state index is 0.724. The van der Waals surface area contributed by atoms with Crippen LogP contribution in [-0.2, 0) is 6.42 Å². The highest BCUT2D eigenvalue weighted by Gasteiger charge is 2.14. The zero-order valence-electron chi connectivity index (χ0n) is 12.5. The number of aromatic nitrogens is 1. The molecule has 0 bridgehead atoms. The lowest BCUT2D eigenvalue weighted by molar-refractivity contribution is 0.385. The van der Waals surface area contributed by atoms with Crippen molar-refractivity contribution in [2.75, 3.05) is 13.1 Å². The van der Waals surface area contributed by atoms with Crippen LogP contribution in [0.5, 0.6) is 0 Å². The van der Waals surface area contributed by atoms with Crippen LogP contribution in [0.2, 0.25) is 0 Å². The van der Waals surface area contributed by atoms with Crippen molar-refractivity contribution in [1.82, 2.24) is 10.3 Å². The molecule has 1 rings (SSSR count). The molecule has 0 amide bonds. The summed E-state index contributed by atoms with van der Waals surface area (Å²) in [5.74, 6) is 1.49. The van der Waals surface area contributed by atoms with Gasteiger partial charge in [0.1, 0.15) is 0 Å². The molecule has 0 saturated carbocycles. The third-order valence-corrected chi connectivity index (χ3v) is 4.30. The SMILES string of the molecule is CCCNCC(Cc1nc(C)c(C)s1)CC(C)C. The van der Waals surface area contributed by atoms with Crippen LogP contribution >= 0.6 is 11.3 Å². The van der Waals surface area contributed by atoms with Crippen molar-refractivity contribution in [3.8, 4) is 0 Å². The summed E-state index contributed by atoms with van der Waals surface area (Å²) >= 11 is 1.87. The average Bonchev–Trinajstić information content (AvgIpc) is 2.57. The van der Waals surface area contributed by atoms with Gasteiger partial charge in [-0.25, -0.2) is 4.98 Å². The number of hydrogen-bond donors (Lipinski definition) is 1. The van der Waals surface area contributed by atoms with Crippen molar-refractivity contribution in [3.63, 3.8) is 0 Å². The second kappa shape index (κ2) is 7.90. The lowest BCUT2D eigenvalue weighted by Gasteiger charge is -2.18. The van der Waals surface area contributed by atoms with Crippen molar-refractivity contribution in [2.45, 2.75) is 53.9 Å². The van der Waals surface area contributed by atoms with Crippen LogP contribution in [-0.4, -0.2) is 18.1 Å². The van der Waals surface area contributed by atoms with Crippen LogP contribution in [0.25, 0.3) is 0 Å². The summed E-state index contributed by atoms with van der Waals surface area (Å²) in [6, 6.07) is 0. The molecular weight excluding hydrogens is 240 g/mol. The van der Waals surface area contributed by atoms with Gasteiger partial charge in [0, 0.05) is 11.3 Å². The topological polar surface area (TPSA) is 24.9 Å². The number of aryl methyl sites for hydroxylation is 2. The molecule has 1 unspecified atom stereocenters. The van der Waals surface area contributed by atoms with Crippen LogP contribution in [0, 0.1) is 25.7 Å². The normalized spacial score (nSPS) is 13.2. The molecule has 0 aliphatic heterocycles. The molecule has 0 fully saturated rings. The molecule has 0 aromatic carbocycles. The minimum Gasteiger partial charge on any atom is -0.316 e. The highest BCUT2D eigenvalue weighted by atomic mass is 32.1. The molecule has 1 aromatic rings. The summed E-state index contributed by atoms with van der Waals surface area (Å²) in [5, 5.41) is 4.87. The van der Waals surface area contributed by atoms with Gasteiger partial charge in [-0.05, 0) is 51.6 Å². The zero-order chi connectivity index (χ0) is 13.5. The van der Waals surface area contributed by atoms with Crippen LogP contribution in [0.1, 0.15) is 49.2 Å². The molecule has 0 saturated heterocycles. The monoisotopic (exact) mass is 268 g/mol. The van der Waals surface area contributed by atoms with Crippen LogP contribution in [0.3, 0.4) is 0 Å². The van der Waals surface area contributed by atoms with Gasteiger partial charge in [0.05, 0.1) is 10.7 Å². The molecule has 1 N–H and O–H groups in total. The number of thiazole rings is 1. The maximum absolute atomic E-state index is 4.68. The van der Waals surface area contributed by atoms with Gasteiger partial charge in [-0.2, -0.15) is 0 Å². The summed E-state index contributed by atoms with van der Waals surface area (Å²) in [7, 11) is 0. The number of hydrogen-bond acceptors (Lipinski definition) is 3. The van der Waals surface area contributed by atoms with Gasteiger partial charge in [-0.15, -0.1) is 11.3 Å². The zero-order valence-corrected chi connectivity index (χ0v) is 13.4. The molecular formula is C15H28N2S. The average molecular weight is 268 g/mol. The molecule has 3 heteroatoms. The molecule has 1 heterocycles. The molecule has 1 atom stereocenters. The minimum absolute atomic E-state index is 0.724. The highest BCUT2D eigenvalue weighted by Crippen LogP contribution is 2.22. The van der Waals surface area contributed by atoms with E-state index < -0.39 is 0 Å². The summed E-state index contributed by atoms with van der Waals surface area (Å²) < 4.78 is 0. The van der Waals surface area contributed by atoms with E-state index in [1.165, 1.54) is 28.4 Å². The largest absolute Gasteiger partial charge is 0.316 e. The molecule has 0 aliphatic carbocycles. The van der Waals surface area contributed by atoms with E-state index in [1.54, 1.807) is 0 Å². The van der Waals surface area contributed by atoms with Crippen molar-refractivity contribution >= 4 is 11.3 Å². The van der Waals surface area contributed by atoms with Crippen molar-refractivity contribution in [3.05, 3.63) is 15.6 Å². The molecule has 0 radical (unpaired) electrons. The Labute approximate surface area is 116 Å². The fourth-order valence-corrected chi connectivity index (χ4v) is 3.31. The van der Waals surface area contributed by atoms with E-state index in [4.69, 9.17) is 0 Å². The highest BCUT2D eigenvalue weighted by molar-refractivity contribution is 7.11. The van der Waals surface area contributed by atoms with Gasteiger partial charge >= 0.3 is 0 Å². The second-order valence-electron chi connectivity index (χ2n) is 5.65. The number of rotatable bonds is 8. The van der Waals surface area contributed by atoms with E-state index in [2.05, 4.69) is 44.9 Å². The quantitative estimate of drug-likeness (QED) is 0.722. The van der Waals surface area contributed by atoms with Crippen molar-refractivity contribution in [2.24, 2.45) is 11.8 Å². The number of nitrogens with one attached hydrogen (secondary N) is 1. The molecule has 0 aliphatic rings. The lowest BCUT2D eigenvalue weighted by atomic mass is 9.94. The summed E-state index contributed by atoms with van der Waals surface area (Å²) in [5.41, 5.74) is 1.21. The van der Waals surface area contributed by atoms with E-state index in [0.717, 1.165) is 31.3 Å². The molecule has 2 nitrogen and oxygen atoms in total. The Bertz CT molecular complexity index is 325. The van der Waals surface area contributed by atoms with Gasteiger partial charge in [-0.3, -0.25) is 0 Å². The Kier molecular flexibility index (Phi) is 6.87. The van der Waals surface area contributed by atoms with Crippen molar-refractivity contribution in [1.29, 1.82) is 0 Å². The molecule has 0 spiro atoms. The first-order chi connectivity index (χ1) is 8.52. The number of nitrogens with zero attached hydrogens (tertiary/aromatic N) is 1. The van der Waals surface area contributed by atoms with E-state index in [-0.39, 0.29) is 0 Å². The standard InChI is InChI=1S/C15H28N2S/c1-6-7-16-10-14(8-11(2)3)9-15-17-12(4)13(5)18-15/h11,14,16H,6-10H2,1-5H3. The summed E-state index contributed by atoms with van der Waals surface area (Å²) in [4.78, 5) is 6.05. The fourth-order valence-electron chi connectivity index (χ4n) is 2.26. The van der Waals surface area contributed by atoms with Gasteiger partial charge in [-0.1, -0.05) is 20.8 Å². The second-order valence-corrected chi connectivity index (χ2v) is 6.94. The maximum Gasteiger partial charge on any atom is 0.0934 e. The first-order valence-corrected chi connectivity index (χ1v) is 7.98. The van der Waals surface area contributed by atoms with E-state index in [0.29, 0.717) is 0 Å². The predicted octanol–water partition coefficient (Wildman–Crippen LogP) is 3.96. The van der Waals surface area contributed by atoms with E-state index in [9.17, 15) is 0 Å². The summed E-state index contributed by atoms with van der Waals surface area (Å²) in [6.07, 6.45) is 3.63. The Morgan fingerprint density at radius 2 is 2.00 bits per heavy atom. The van der Waals surface area contributed by atoms with Gasteiger partial charge in [0.2, 0.25) is 0 Å². The van der Waals surface area contributed by atoms with Crippen LogP contribution in [0.15, 0.2) is 0 Å². The van der Waals surface area contributed by atoms with Crippen molar-refractivity contribution < 1.29 is 0 Å². The van der Waals surface area contributed by atoms with Gasteiger partial charge in [0.25, 0.3) is 0 Å². The lowest BCUT2D eigenvalue weighted by Crippen LogP contribution is -2.26. The van der Waals surface area contributed by atoms with Gasteiger partial charge in [0.15, 0.2) is 0 Å². The van der Waals surface area contributed by atoms with Crippen LogP contribution in [0.4, 0.5) is 0 Å². The first kappa shape index (κ1) is 15.6. The Hall–Kier alpha value is -0.410. The Balaban J connectivity index is 2.53. The van der Waals surface area contributed by atoms with Gasteiger partial charge < -0.3 is 5.32 Å². The van der Waals surface area contributed by atoms with E-state index >= 15 is 0 Å². The predicted molar refractivity (Wildman–Crippen MR) is 81.4 cm³/mol. The molecule has 1 aromatic heterocycles. The third kappa shape index (κ3) is 5.49.